The molecule has 11 rings (SSSR count). The van der Waals surface area contributed by atoms with Crippen LogP contribution in [0.2, 0.25) is 0 Å². The van der Waals surface area contributed by atoms with Crippen molar-refractivity contribution in [2.75, 3.05) is 0 Å². The predicted molar refractivity (Wildman–Crippen MR) is 201 cm³/mol. The summed E-state index contributed by atoms with van der Waals surface area (Å²) in [5.41, 5.74) is 15.2. The molecular formula is C45H31NS. The van der Waals surface area contributed by atoms with E-state index in [0.29, 0.717) is 0 Å². The Balaban J connectivity index is 1.34. The number of hydrogen-bond donors (Lipinski definition) is 0. The molecule has 47 heavy (non-hydrogen) atoms. The largest absolute Gasteiger partial charge is 0.309 e. The summed E-state index contributed by atoms with van der Waals surface area (Å²) in [6.07, 6.45) is 1.98. The maximum atomic E-state index is 2.59. The molecule has 2 aromatic heterocycles. The molecular weight excluding hydrogens is 587 g/mol. The van der Waals surface area contributed by atoms with Gasteiger partial charge >= 0.3 is 0 Å². The third kappa shape index (κ3) is 3.33. The van der Waals surface area contributed by atoms with Crippen molar-refractivity contribution in [2.24, 2.45) is 0 Å². The Morgan fingerprint density at radius 1 is 0.553 bits per heavy atom. The molecule has 2 heterocycles. The number of aromatic nitrogens is 1. The molecule has 9 aromatic rings. The molecule has 0 N–H and O–H groups in total. The first-order valence-corrected chi connectivity index (χ1v) is 17.5. The summed E-state index contributed by atoms with van der Waals surface area (Å²) >= 11 is 1.89. The van der Waals surface area contributed by atoms with Crippen molar-refractivity contribution in [1.82, 2.24) is 4.57 Å². The average molecular weight is 618 g/mol. The summed E-state index contributed by atoms with van der Waals surface area (Å²) in [5, 5.41) is 8.15. The van der Waals surface area contributed by atoms with Gasteiger partial charge in [-0.15, -0.1) is 11.3 Å². The van der Waals surface area contributed by atoms with E-state index in [4.69, 9.17) is 0 Å². The van der Waals surface area contributed by atoms with Crippen molar-refractivity contribution in [3.05, 3.63) is 161 Å². The number of thiophene rings is 1. The molecule has 0 radical (unpaired) electrons. The lowest BCUT2D eigenvalue weighted by Gasteiger charge is -2.25. The molecule has 0 spiro atoms. The van der Waals surface area contributed by atoms with Crippen molar-refractivity contribution < 1.29 is 0 Å². The summed E-state index contributed by atoms with van der Waals surface area (Å²) < 4.78 is 5.28. The fraction of sp³-hybridized carbons (Fsp3) is 0.111. The van der Waals surface area contributed by atoms with Gasteiger partial charge in [-0.25, -0.2) is 0 Å². The van der Waals surface area contributed by atoms with E-state index in [9.17, 15) is 0 Å². The lowest BCUT2D eigenvalue weighted by Crippen LogP contribution is -2.16. The smallest absolute Gasteiger partial charge is 0.0594 e. The molecule has 2 aliphatic rings. The second-order valence-electron chi connectivity index (χ2n) is 14.1. The van der Waals surface area contributed by atoms with Crippen LogP contribution in [0, 0.1) is 0 Å². The van der Waals surface area contributed by atoms with Crippen LogP contribution in [-0.4, -0.2) is 4.57 Å². The number of para-hydroxylation sites is 1. The highest BCUT2D eigenvalue weighted by Crippen LogP contribution is 2.57. The van der Waals surface area contributed by atoms with Crippen LogP contribution in [-0.2, 0) is 18.3 Å². The van der Waals surface area contributed by atoms with Crippen LogP contribution in [0.15, 0.2) is 127 Å². The number of nitrogens with zero attached hydrogens (tertiary/aromatic N) is 1. The standard InChI is InChI=1S/C45H31NS/c1-45(2)37-16-8-5-14-32(37)41-35-23-28-21-26-11-3-4-12-27(26)22-29(28)24-36(35)42-33-15-6-9-17-38(33)46(44(42)43(41)45)30-19-20-40-34(25-30)31-13-7-10-18-39(31)47-40/h3-20,23-25H,21-22H2,1-2H3. The SMILES string of the molecule is CC1(C)c2ccccc2-c2c1c1c(c3cc4c(cc23)Cc2ccccc2C4)c2ccccc2n1-c1ccc2sc3ccccc3c2c1. The van der Waals surface area contributed by atoms with Crippen LogP contribution in [0.1, 0.15) is 47.2 Å². The molecule has 0 fully saturated rings. The third-order valence-corrected chi connectivity index (χ3v) is 12.4. The highest BCUT2D eigenvalue weighted by atomic mass is 32.1. The highest BCUT2D eigenvalue weighted by molar-refractivity contribution is 7.25. The second kappa shape index (κ2) is 9.00. The summed E-state index contributed by atoms with van der Waals surface area (Å²) in [7, 11) is 0. The zero-order valence-corrected chi connectivity index (χ0v) is 27.2. The maximum Gasteiger partial charge on any atom is 0.0594 e. The molecule has 222 valence electrons. The van der Waals surface area contributed by atoms with Gasteiger partial charge in [-0.1, -0.05) is 98.8 Å². The Labute approximate surface area is 277 Å². The van der Waals surface area contributed by atoms with E-state index in [1.54, 1.807) is 0 Å². The first-order chi connectivity index (χ1) is 23.1. The fourth-order valence-electron chi connectivity index (χ4n) is 9.14. The van der Waals surface area contributed by atoms with Gasteiger partial charge < -0.3 is 4.57 Å². The van der Waals surface area contributed by atoms with Gasteiger partial charge in [0.25, 0.3) is 0 Å². The lowest BCUT2D eigenvalue weighted by atomic mass is 9.79. The minimum absolute atomic E-state index is 0.161. The fourth-order valence-corrected chi connectivity index (χ4v) is 10.2. The van der Waals surface area contributed by atoms with Gasteiger partial charge in [0.1, 0.15) is 0 Å². The van der Waals surface area contributed by atoms with E-state index in [-0.39, 0.29) is 5.41 Å². The second-order valence-corrected chi connectivity index (χ2v) is 15.1. The van der Waals surface area contributed by atoms with Crippen LogP contribution >= 0.6 is 11.3 Å². The summed E-state index contributed by atoms with van der Waals surface area (Å²) in [4.78, 5) is 0. The summed E-state index contributed by atoms with van der Waals surface area (Å²) in [5.74, 6) is 0. The van der Waals surface area contributed by atoms with Crippen LogP contribution in [0.5, 0.6) is 0 Å². The molecule has 0 bridgehead atoms. The molecule has 1 nitrogen and oxygen atoms in total. The van der Waals surface area contributed by atoms with E-state index in [0.717, 1.165) is 12.8 Å². The monoisotopic (exact) mass is 617 g/mol. The van der Waals surface area contributed by atoms with E-state index < -0.39 is 0 Å². The minimum atomic E-state index is -0.161. The Hall–Kier alpha value is -5.18. The highest BCUT2D eigenvalue weighted by Gasteiger charge is 2.40. The van der Waals surface area contributed by atoms with Crippen molar-refractivity contribution in [2.45, 2.75) is 32.1 Å². The van der Waals surface area contributed by atoms with Crippen LogP contribution in [0.25, 0.3) is 69.6 Å². The number of rotatable bonds is 1. The zero-order chi connectivity index (χ0) is 31.0. The third-order valence-electron chi connectivity index (χ3n) is 11.2. The first-order valence-electron chi connectivity index (χ1n) is 16.7. The molecule has 2 aliphatic carbocycles. The minimum Gasteiger partial charge on any atom is -0.309 e. The molecule has 0 atom stereocenters. The number of hydrogen-bond acceptors (Lipinski definition) is 1. The van der Waals surface area contributed by atoms with Gasteiger partial charge in [0.15, 0.2) is 0 Å². The molecule has 0 saturated carbocycles. The lowest BCUT2D eigenvalue weighted by molar-refractivity contribution is 0.664. The van der Waals surface area contributed by atoms with Gasteiger partial charge in [-0.3, -0.25) is 0 Å². The Kier molecular flexibility index (Phi) is 4.97. The Bertz CT molecular complexity index is 2820. The van der Waals surface area contributed by atoms with Crippen molar-refractivity contribution >= 4 is 64.1 Å². The Morgan fingerprint density at radius 3 is 2.04 bits per heavy atom. The first kappa shape index (κ1) is 25.9. The molecule has 0 saturated heterocycles. The van der Waals surface area contributed by atoms with E-state index >= 15 is 0 Å². The van der Waals surface area contributed by atoms with Gasteiger partial charge in [0.2, 0.25) is 0 Å². The van der Waals surface area contributed by atoms with Gasteiger partial charge in [-0.05, 0) is 111 Å². The molecule has 2 heteroatoms. The summed E-state index contributed by atoms with van der Waals surface area (Å²) in [6.45, 7) is 4.88. The van der Waals surface area contributed by atoms with Gasteiger partial charge in [0, 0.05) is 42.0 Å². The van der Waals surface area contributed by atoms with E-state index in [2.05, 4.69) is 146 Å². The predicted octanol–water partition coefficient (Wildman–Crippen LogP) is 12.1. The van der Waals surface area contributed by atoms with Crippen LogP contribution in [0.3, 0.4) is 0 Å². The zero-order valence-electron chi connectivity index (χ0n) is 26.4. The van der Waals surface area contributed by atoms with E-state index in [1.165, 1.54) is 103 Å². The van der Waals surface area contributed by atoms with Gasteiger partial charge in [-0.2, -0.15) is 0 Å². The van der Waals surface area contributed by atoms with Crippen molar-refractivity contribution in [3.63, 3.8) is 0 Å². The van der Waals surface area contributed by atoms with Crippen LogP contribution in [0.4, 0.5) is 0 Å². The van der Waals surface area contributed by atoms with Crippen LogP contribution < -0.4 is 0 Å². The molecule has 0 aliphatic heterocycles. The van der Waals surface area contributed by atoms with Gasteiger partial charge in [0.05, 0.1) is 11.0 Å². The number of fused-ring (bicyclic) bond motifs is 15. The molecule has 0 unspecified atom stereocenters. The normalized spacial score (nSPS) is 14.6. The summed E-state index contributed by atoms with van der Waals surface area (Å²) in [6, 6.07) is 48.4. The average Bonchev–Trinajstić information content (AvgIpc) is 3.72. The molecule has 7 aromatic carbocycles. The van der Waals surface area contributed by atoms with E-state index in [1.807, 2.05) is 11.3 Å². The molecule has 0 amide bonds. The topological polar surface area (TPSA) is 4.93 Å². The quantitative estimate of drug-likeness (QED) is 0.173. The van der Waals surface area contributed by atoms with Crippen molar-refractivity contribution in [3.8, 4) is 16.8 Å². The van der Waals surface area contributed by atoms with Crippen molar-refractivity contribution in [1.29, 1.82) is 0 Å². The number of benzene rings is 7. The maximum absolute atomic E-state index is 2.59. The Morgan fingerprint density at radius 2 is 1.21 bits per heavy atom.